The van der Waals surface area contributed by atoms with Gasteiger partial charge in [0.25, 0.3) is 5.91 Å². The molecule has 0 atom stereocenters. The number of fused-ring (bicyclic) bond motifs is 1. The van der Waals surface area contributed by atoms with Gasteiger partial charge in [-0.2, -0.15) is 4.99 Å². The maximum absolute atomic E-state index is 13.8. The molecule has 0 fully saturated rings. The Morgan fingerprint density at radius 2 is 1.84 bits per heavy atom. The van der Waals surface area contributed by atoms with Gasteiger partial charge in [-0.25, -0.2) is 4.39 Å². The normalized spacial score (nSPS) is 17.0. The molecule has 158 valence electrons. The highest BCUT2D eigenvalue weighted by Gasteiger charge is 2.36. The number of aliphatic imine (C=N–C) groups is 1. The number of hydrogen-bond donors (Lipinski definition) is 1. The molecular formula is C25H19FN4OS. The lowest BCUT2D eigenvalue weighted by molar-refractivity contribution is -0.114. The molecule has 32 heavy (non-hydrogen) atoms. The highest BCUT2D eigenvalue weighted by Crippen LogP contribution is 2.37. The molecular weight excluding hydrogens is 423 g/mol. The van der Waals surface area contributed by atoms with Crippen LogP contribution in [0.5, 0.6) is 0 Å². The standard InChI is InChI=1S/C25H19FN4OS/c1-15-11-18(16(2)29(15)20-10-6-9-19(26)13-20)12-21-23(27)30-22(17-7-4-3-5-8-17)14-32-25(30)28-24(21)31/h3-14,27H,1-2H3. The first-order valence-electron chi connectivity index (χ1n) is 10.0. The summed E-state index contributed by atoms with van der Waals surface area (Å²) in [6, 6.07) is 18.1. The van der Waals surface area contributed by atoms with E-state index >= 15 is 0 Å². The summed E-state index contributed by atoms with van der Waals surface area (Å²) >= 11 is 1.34. The third kappa shape index (κ3) is 3.31. The molecule has 2 aliphatic rings. The van der Waals surface area contributed by atoms with Gasteiger partial charge < -0.3 is 4.57 Å². The van der Waals surface area contributed by atoms with Crippen molar-refractivity contribution in [3.63, 3.8) is 0 Å². The maximum Gasteiger partial charge on any atom is 0.283 e. The van der Waals surface area contributed by atoms with Crippen LogP contribution in [0.2, 0.25) is 0 Å². The van der Waals surface area contributed by atoms with Crippen LogP contribution in [-0.2, 0) is 4.79 Å². The molecule has 2 aromatic carbocycles. The summed E-state index contributed by atoms with van der Waals surface area (Å²) < 4.78 is 15.7. The van der Waals surface area contributed by atoms with E-state index in [0.29, 0.717) is 10.9 Å². The number of carbonyl (C=O) groups excluding carboxylic acids is 1. The number of amidine groups is 2. The van der Waals surface area contributed by atoms with Crippen molar-refractivity contribution in [3.05, 3.63) is 100.0 Å². The zero-order valence-corrected chi connectivity index (χ0v) is 18.3. The van der Waals surface area contributed by atoms with Crippen LogP contribution in [0.3, 0.4) is 0 Å². The minimum Gasteiger partial charge on any atom is -0.318 e. The van der Waals surface area contributed by atoms with Crippen molar-refractivity contribution < 1.29 is 9.18 Å². The number of thioether (sulfide) groups is 1. The van der Waals surface area contributed by atoms with Crippen molar-refractivity contribution in [1.29, 1.82) is 5.41 Å². The molecule has 0 bridgehead atoms. The predicted octanol–water partition coefficient (Wildman–Crippen LogP) is 5.54. The van der Waals surface area contributed by atoms with Gasteiger partial charge in [0.2, 0.25) is 0 Å². The van der Waals surface area contributed by atoms with Gasteiger partial charge in [0.15, 0.2) is 5.17 Å². The van der Waals surface area contributed by atoms with Crippen LogP contribution in [0.1, 0.15) is 22.5 Å². The predicted molar refractivity (Wildman–Crippen MR) is 127 cm³/mol. The maximum atomic E-state index is 13.8. The number of carbonyl (C=O) groups is 1. The molecule has 0 radical (unpaired) electrons. The Morgan fingerprint density at radius 1 is 1.06 bits per heavy atom. The van der Waals surface area contributed by atoms with E-state index < -0.39 is 5.91 Å². The van der Waals surface area contributed by atoms with E-state index in [9.17, 15) is 9.18 Å². The van der Waals surface area contributed by atoms with Crippen molar-refractivity contribution >= 4 is 40.4 Å². The van der Waals surface area contributed by atoms with E-state index in [1.807, 2.05) is 66.3 Å². The number of nitrogens with zero attached hydrogens (tertiary/aromatic N) is 3. The van der Waals surface area contributed by atoms with Gasteiger partial charge in [0.1, 0.15) is 11.7 Å². The summed E-state index contributed by atoms with van der Waals surface area (Å²) in [4.78, 5) is 18.7. The molecule has 0 unspecified atom stereocenters. The number of amides is 1. The van der Waals surface area contributed by atoms with Crippen LogP contribution in [0, 0.1) is 25.1 Å². The van der Waals surface area contributed by atoms with E-state index in [1.165, 1.54) is 23.9 Å². The molecule has 5 rings (SSSR count). The Hall–Kier alpha value is -3.71. The molecule has 7 heteroatoms. The van der Waals surface area contributed by atoms with E-state index in [0.717, 1.165) is 28.2 Å². The highest BCUT2D eigenvalue weighted by atomic mass is 32.2. The van der Waals surface area contributed by atoms with Crippen molar-refractivity contribution in [2.24, 2.45) is 4.99 Å². The zero-order valence-electron chi connectivity index (χ0n) is 17.5. The van der Waals surface area contributed by atoms with Crippen molar-refractivity contribution in [1.82, 2.24) is 9.47 Å². The Labute approximate surface area is 189 Å². The molecule has 3 heterocycles. The second-order valence-corrected chi connectivity index (χ2v) is 8.41. The van der Waals surface area contributed by atoms with Crippen LogP contribution >= 0.6 is 11.8 Å². The Bertz CT molecular complexity index is 1370. The monoisotopic (exact) mass is 442 g/mol. The molecule has 1 amide bonds. The van der Waals surface area contributed by atoms with Crippen LogP contribution < -0.4 is 0 Å². The topological polar surface area (TPSA) is 61.5 Å². The molecule has 1 N–H and O–H groups in total. The Morgan fingerprint density at radius 3 is 2.59 bits per heavy atom. The minimum absolute atomic E-state index is 0.0932. The van der Waals surface area contributed by atoms with Crippen LogP contribution in [-0.4, -0.2) is 26.4 Å². The fourth-order valence-corrected chi connectivity index (χ4v) is 4.91. The number of halogens is 1. The van der Waals surface area contributed by atoms with Crippen molar-refractivity contribution in [3.8, 4) is 5.69 Å². The fraction of sp³-hybridized carbons (Fsp3) is 0.0800. The Balaban J connectivity index is 1.56. The van der Waals surface area contributed by atoms with Gasteiger partial charge in [-0.3, -0.25) is 15.1 Å². The molecule has 0 spiro atoms. The van der Waals surface area contributed by atoms with Gasteiger partial charge >= 0.3 is 0 Å². The molecule has 0 saturated carbocycles. The third-order valence-corrected chi connectivity index (χ3v) is 6.35. The molecule has 0 saturated heterocycles. The first-order chi connectivity index (χ1) is 15.4. The molecule has 3 aromatic rings. The van der Waals surface area contributed by atoms with Crippen LogP contribution in [0.4, 0.5) is 4.39 Å². The van der Waals surface area contributed by atoms with E-state index in [2.05, 4.69) is 4.99 Å². The summed E-state index contributed by atoms with van der Waals surface area (Å²) in [5, 5.41) is 11.2. The number of benzene rings is 2. The van der Waals surface area contributed by atoms with Gasteiger partial charge in [-0.15, -0.1) is 0 Å². The molecule has 2 aliphatic heterocycles. The van der Waals surface area contributed by atoms with Crippen LogP contribution in [0.15, 0.2) is 76.6 Å². The summed E-state index contributed by atoms with van der Waals surface area (Å²) in [6.45, 7) is 3.84. The average Bonchev–Trinajstić information content (AvgIpc) is 3.32. The summed E-state index contributed by atoms with van der Waals surface area (Å²) in [7, 11) is 0. The minimum atomic E-state index is -0.438. The second-order valence-electron chi connectivity index (χ2n) is 7.57. The molecule has 0 aliphatic carbocycles. The molecule has 5 nitrogen and oxygen atoms in total. The number of rotatable bonds is 3. The first kappa shape index (κ1) is 20.2. The smallest absolute Gasteiger partial charge is 0.283 e. The first-order valence-corrected chi connectivity index (χ1v) is 10.9. The van der Waals surface area contributed by atoms with E-state index in [1.54, 1.807) is 17.0 Å². The number of aryl methyl sites for hydroxylation is 1. The van der Waals surface area contributed by atoms with Gasteiger partial charge in [-0.05, 0) is 55.3 Å². The van der Waals surface area contributed by atoms with Crippen molar-refractivity contribution in [2.45, 2.75) is 13.8 Å². The highest BCUT2D eigenvalue weighted by molar-refractivity contribution is 8.17. The van der Waals surface area contributed by atoms with Crippen molar-refractivity contribution in [2.75, 3.05) is 0 Å². The average molecular weight is 443 g/mol. The lowest BCUT2D eigenvalue weighted by Crippen LogP contribution is -2.38. The van der Waals surface area contributed by atoms with E-state index in [-0.39, 0.29) is 17.2 Å². The SMILES string of the molecule is Cc1cc(C=C2C(=N)N3C(c4ccccc4)=CSC3=NC2=O)c(C)n1-c1cccc(F)c1. The quantitative estimate of drug-likeness (QED) is 0.542. The van der Waals surface area contributed by atoms with Crippen LogP contribution in [0.25, 0.3) is 17.5 Å². The number of nitrogens with one attached hydrogen (secondary N) is 1. The number of aromatic nitrogens is 1. The van der Waals surface area contributed by atoms with Gasteiger partial charge in [0.05, 0.1) is 11.3 Å². The van der Waals surface area contributed by atoms with E-state index in [4.69, 9.17) is 5.41 Å². The summed E-state index contributed by atoms with van der Waals surface area (Å²) in [5.41, 5.74) is 5.25. The molecule has 1 aromatic heterocycles. The largest absolute Gasteiger partial charge is 0.318 e. The Kier molecular flexibility index (Phi) is 4.90. The lowest BCUT2D eigenvalue weighted by Gasteiger charge is -2.26. The number of hydrogen-bond acceptors (Lipinski definition) is 3. The summed E-state index contributed by atoms with van der Waals surface area (Å²) in [6.07, 6.45) is 1.70. The second kappa shape index (κ2) is 7.76. The fourth-order valence-electron chi connectivity index (χ4n) is 4.02. The van der Waals surface area contributed by atoms with Gasteiger partial charge in [-0.1, -0.05) is 48.2 Å². The zero-order chi connectivity index (χ0) is 22.4. The third-order valence-electron chi connectivity index (χ3n) is 5.52. The lowest BCUT2D eigenvalue weighted by atomic mass is 10.1. The summed E-state index contributed by atoms with van der Waals surface area (Å²) in [5.74, 6) is -0.657. The van der Waals surface area contributed by atoms with Gasteiger partial charge in [0, 0.05) is 22.5 Å².